The molecule has 1 saturated heterocycles. The molecule has 1 aliphatic heterocycles. The Kier molecular flexibility index (Phi) is 4.62. The third kappa shape index (κ3) is 3.49. The molecule has 1 fully saturated rings. The second-order valence-corrected chi connectivity index (χ2v) is 5.55. The van der Waals surface area contributed by atoms with Gasteiger partial charge in [-0.15, -0.1) is 0 Å². The first-order valence-corrected chi connectivity index (χ1v) is 7.55. The number of nitrogens with one attached hydrogen (secondary N) is 1. The first-order chi connectivity index (χ1) is 10.4. The van der Waals surface area contributed by atoms with Gasteiger partial charge in [-0.1, -0.05) is 6.07 Å². The summed E-state index contributed by atoms with van der Waals surface area (Å²) in [6.07, 6.45) is 4.20. The van der Waals surface area contributed by atoms with Crippen LogP contribution in [0.5, 0.6) is 0 Å². The van der Waals surface area contributed by atoms with E-state index in [2.05, 4.69) is 27.2 Å². The number of likely N-dealkylation sites (tertiary alicyclic amines) is 1. The Labute approximate surface area is 125 Å². The average molecular weight is 286 g/mol. The molecule has 0 saturated carbocycles. The van der Waals surface area contributed by atoms with Gasteiger partial charge in [0.1, 0.15) is 0 Å². The maximum Gasteiger partial charge on any atom is 0.0883 e. The number of nitrogens with zero attached hydrogens (tertiary/aromatic N) is 3. The normalized spacial score (nSPS) is 19.8. The Bertz CT molecular complexity index is 555. The zero-order chi connectivity index (χ0) is 14.5. The van der Waals surface area contributed by atoms with Crippen LogP contribution in [0.15, 0.2) is 30.5 Å². The number of aromatic amines is 1. The summed E-state index contributed by atoms with van der Waals surface area (Å²) in [5.41, 5.74) is 3.13. The van der Waals surface area contributed by atoms with E-state index in [0.717, 1.165) is 31.1 Å². The molecule has 2 aromatic rings. The molecule has 0 spiro atoms. The molecule has 1 aliphatic rings. The van der Waals surface area contributed by atoms with Gasteiger partial charge in [0, 0.05) is 38.0 Å². The van der Waals surface area contributed by atoms with Crippen LogP contribution >= 0.6 is 0 Å². The molecule has 5 heteroatoms. The van der Waals surface area contributed by atoms with E-state index in [4.69, 9.17) is 9.72 Å². The number of aromatic nitrogens is 3. The first-order valence-electron chi connectivity index (χ1n) is 7.55. The third-order valence-electron chi connectivity index (χ3n) is 4.08. The molecule has 0 bridgehead atoms. The highest BCUT2D eigenvalue weighted by Gasteiger charge is 2.22. The highest BCUT2D eigenvalue weighted by Crippen LogP contribution is 2.27. The Balaban J connectivity index is 1.72. The van der Waals surface area contributed by atoms with E-state index in [0.29, 0.717) is 5.92 Å². The Morgan fingerprint density at radius 1 is 1.38 bits per heavy atom. The number of H-pyrrole nitrogens is 1. The summed E-state index contributed by atoms with van der Waals surface area (Å²) in [6, 6.07) is 8.22. The van der Waals surface area contributed by atoms with Crippen LogP contribution in [0, 0.1) is 0 Å². The molecule has 0 aromatic carbocycles. The highest BCUT2D eigenvalue weighted by molar-refractivity contribution is 5.53. The van der Waals surface area contributed by atoms with Crippen LogP contribution in [0.1, 0.15) is 24.5 Å². The van der Waals surface area contributed by atoms with E-state index >= 15 is 0 Å². The van der Waals surface area contributed by atoms with Crippen LogP contribution in [0.2, 0.25) is 0 Å². The lowest BCUT2D eigenvalue weighted by molar-refractivity contribution is 0.127. The molecule has 1 atom stereocenters. The molecule has 3 rings (SSSR count). The van der Waals surface area contributed by atoms with Gasteiger partial charge in [0.05, 0.1) is 18.0 Å². The summed E-state index contributed by atoms with van der Waals surface area (Å²) in [4.78, 5) is 7.30. The topological polar surface area (TPSA) is 54.0 Å². The number of methoxy groups -OCH3 is 1. The van der Waals surface area contributed by atoms with Crippen molar-refractivity contribution in [3.63, 3.8) is 0 Å². The molecule has 112 valence electrons. The number of piperidine rings is 1. The summed E-state index contributed by atoms with van der Waals surface area (Å²) in [5, 5.41) is 6.98. The zero-order valence-corrected chi connectivity index (χ0v) is 12.5. The number of pyridine rings is 1. The van der Waals surface area contributed by atoms with Crippen molar-refractivity contribution in [2.45, 2.75) is 18.8 Å². The van der Waals surface area contributed by atoms with Crippen molar-refractivity contribution in [1.82, 2.24) is 20.1 Å². The van der Waals surface area contributed by atoms with E-state index in [1.165, 1.54) is 25.1 Å². The van der Waals surface area contributed by atoms with Crippen LogP contribution in [-0.2, 0) is 4.74 Å². The van der Waals surface area contributed by atoms with E-state index in [9.17, 15) is 0 Å². The van der Waals surface area contributed by atoms with Crippen LogP contribution in [0.4, 0.5) is 0 Å². The monoisotopic (exact) mass is 286 g/mol. The third-order valence-corrected chi connectivity index (χ3v) is 4.08. The van der Waals surface area contributed by atoms with Gasteiger partial charge in [-0.25, -0.2) is 0 Å². The van der Waals surface area contributed by atoms with Crippen molar-refractivity contribution < 1.29 is 4.74 Å². The molecule has 0 aliphatic carbocycles. The van der Waals surface area contributed by atoms with Gasteiger partial charge in [-0.3, -0.25) is 10.1 Å². The summed E-state index contributed by atoms with van der Waals surface area (Å²) < 4.78 is 5.19. The van der Waals surface area contributed by atoms with Gasteiger partial charge >= 0.3 is 0 Å². The molecule has 2 aromatic heterocycles. The largest absolute Gasteiger partial charge is 0.383 e. The van der Waals surface area contributed by atoms with Crippen molar-refractivity contribution in [1.29, 1.82) is 0 Å². The minimum atomic E-state index is 0.512. The number of hydrogen-bond donors (Lipinski definition) is 1. The molecular formula is C16H22N4O. The van der Waals surface area contributed by atoms with Crippen molar-refractivity contribution in [2.24, 2.45) is 0 Å². The minimum absolute atomic E-state index is 0.512. The fraction of sp³-hybridized carbons (Fsp3) is 0.500. The number of ether oxygens (including phenoxy) is 1. The van der Waals surface area contributed by atoms with Gasteiger partial charge in [0.25, 0.3) is 0 Å². The summed E-state index contributed by atoms with van der Waals surface area (Å²) in [5.74, 6) is 0.512. The van der Waals surface area contributed by atoms with Crippen molar-refractivity contribution in [3.8, 4) is 11.4 Å². The van der Waals surface area contributed by atoms with Gasteiger partial charge in [-0.05, 0) is 37.6 Å². The lowest BCUT2D eigenvalue weighted by Gasteiger charge is -2.32. The van der Waals surface area contributed by atoms with Gasteiger partial charge < -0.3 is 9.64 Å². The predicted octanol–water partition coefficient (Wildman–Crippen LogP) is 2.30. The fourth-order valence-corrected chi connectivity index (χ4v) is 2.95. The zero-order valence-electron chi connectivity index (χ0n) is 12.5. The molecule has 0 radical (unpaired) electrons. The summed E-state index contributed by atoms with van der Waals surface area (Å²) in [7, 11) is 1.76. The smallest absolute Gasteiger partial charge is 0.0883 e. The fourth-order valence-electron chi connectivity index (χ4n) is 2.95. The molecule has 21 heavy (non-hydrogen) atoms. The minimum Gasteiger partial charge on any atom is -0.383 e. The van der Waals surface area contributed by atoms with E-state index < -0.39 is 0 Å². The van der Waals surface area contributed by atoms with Crippen LogP contribution in [0.25, 0.3) is 11.4 Å². The van der Waals surface area contributed by atoms with Crippen molar-refractivity contribution >= 4 is 0 Å². The Morgan fingerprint density at radius 3 is 3.14 bits per heavy atom. The maximum absolute atomic E-state index is 5.19. The van der Waals surface area contributed by atoms with Crippen molar-refractivity contribution in [2.75, 3.05) is 33.4 Å². The quantitative estimate of drug-likeness (QED) is 0.916. The van der Waals surface area contributed by atoms with Crippen LogP contribution in [0.3, 0.4) is 0 Å². The molecular weight excluding hydrogens is 264 g/mol. The van der Waals surface area contributed by atoms with E-state index in [-0.39, 0.29) is 0 Å². The second kappa shape index (κ2) is 6.83. The lowest BCUT2D eigenvalue weighted by atomic mass is 9.94. The first kappa shape index (κ1) is 14.2. The second-order valence-electron chi connectivity index (χ2n) is 5.55. The van der Waals surface area contributed by atoms with Gasteiger partial charge in [0.15, 0.2) is 0 Å². The predicted molar refractivity (Wildman–Crippen MR) is 82.1 cm³/mol. The maximum atomic E-state index is 5.19. The Morgan fingerprint density at radius 2 is 2.33 bits per heavy atom. The summed E-state index contributed by atoms with van der Waals surface area (Å²) in [6.45, 7) is 4.05. The SMILES string of the molecule is COCCN1CCC[C@H](c2cccc(-c3ccn[nH]3)n2)C1. The molecule has 3 heterocycles. The van der Waals surface area contributed by atoms with Crippen LogP contribution < -0.4 is 0 Å². The molecule has 5 nitrogen and oxygen atoms in total. The van der Waals surface area contributed by atoms with Gasteiger partial charge in [0.2, 0.25) is 0 Å². The lowest BCUT2D eigenvalue weighted by Crippen LogP contribution is -2.36. The van der Waals surface area contributed by atoms with Gasteiger partial charge in [-0.2, -0.15) is 5.10 Å². The number of rotatable bonds is 5. The average Bonchev–Trinajstić information content (AvgIpc) is 3.08. The van der Waals surface area contributed by atoms with E-state index in [1.54, 1.807) is 13.3 Å². The summed E-state index contributed by atoms with van der Waals surface area (Å²) >= 11 is 0. The van der Waals surface area contributed by atoms with E-state index in [1.807, 2.05) is 12.1 Å². The number of hydrogen-bond acceptors (Lipinski definition) is 4. The highest BCUT2D eigenvalue weighted by atomic mass is 16.5. The van der Waals surface area contributed by atoms with Crippen molar-refractivity contribution in [3.05, 3.63) is 36.2 Å². The Hall–Kier alpha value is -1.72. The van der Waals surface area contributed by atoms with Crippen LogP contribution in [-0.4, -0.2) is 53.4 Å². The standard InChI is InChI=1S/C16H22N4O/c1-21-11-10-20-9-3-4-13(12-20)14-5-2-6-15(18-14)16-7-8-17-19-16/h2,5-8,13H,3-4,9-12H2,1H3,(H,17,19)/t13-/m0/s1. The molecule has 1 N–H and O–H groups in total. The molecule has 0 unspecified atom stereocenters. The molecule has 0 amide bonds.